The first-order chi connectivity index (χ1) is 9.31. The minimum absolute atomic E-state index is 0.0740. The lowest BCUT2D eigenvalue weighted by Gasteiger charge is -2.34. The third kappa shape index (κ3) is 6.23. The quantitative estimate of drug-likeness (QED) is 0.511. The summed E-state index contributed by atoms with van der Waals surface area (Å²) < 4.78 is 22.2. The van der Waals surface area contributed by atoms with Gasteiger partial charge in [0, 0.05) is 39.4 Å². The number of aliphatic imine (C=N–C) groups is 1. The number of carbonyl (C=O) groups is 1. The van der Waals surface area contributed by atoms with Crippen molar-refractivity contribution in [3.63, 3.8) is 0 Å². The Morgan fingerprint density at radius 2 is 2.20 bits per heavy atom. The predicted octanol–water partition coefficient (Wildman–Crippen LogP) is -0.806. The molecular formula is C12H24N4O3S. The summed E-state index contributed by atoms with van der Waals surface area (Å²) >= 11 is 0. The van der Waals surface area contributed by atoms with Crippen molar-refractivity contribution in [3.8, 4) is 0 Å². The molecule has 1 fully saturated rings. The Balaban J connectivity index is 2.50. The maximum Gasteiger partial charge on any atom is 0.217 e. The van der Waals surface area contributed by atoms with Crippen molar-refractivity contribution < 1.29 is 13.2 Å². The Bertz CT molecular complexity index is 461. The number of carbonyl (C=O) groups excluding carboxylic acids is 1. The molecule has 1 aliphatic heterocycles. The van der Waals surface area contributed by atoms with Gasteiger partial charge in [0.2, 0.25) is 5.91 Å². The largest absolute Gasteiger partial charge is 0.370 e. The van der Waals surface area contributed by atoms with E-state index in [1.165, 1.54) is 6.26 Å². The fourth-order valence-corrected chi connectivity index (χ4v) is 2.86. The Hall–Kier alpha value is -1.31. The first-order valence-corrected chi connectivity index (χ1v) is 8.79. The second kappa shape index (κ2) is 7.47. The number of likely N-dealkylation sites (tertiary alicyclic amines) is 1. The van der Waals surface area contributed by atoms with Crippen molar-refractivity contribution in [2.45, 2.75) is 19.3 Å². The number of amides is 1. The fourth-order valence-electron chi connectivity index (χ4n) is 2.39. The summed E-state index contributed by atoms with van der Waals surface area (Å²) in [7, 11) is -1.32. The zero-order valence-electron chi connectivity index (χ0n) is 12.1. The van der Waals surface area contributed by atoms with E-state index in [0.717, 1.165) is 25.9 Å². The van der Waals surface area contributed by atoms with Gasteiger partial charge < -0.3 is 16.0 Å². The molecule has 1 aliphatic rings. The molecule has 1 amide bonds. The lowest BCUT2D eigenvalue weighted by Crippen LogP contribution is -2.48. The average molecular weight is 304 g/mol. The highest BCUT2D eigenvalue weighted by Gasteiger charge is 2.23. The van der Waals surface area contributed by atoms with Gasteiger partial charge in [-0.15, -0.1) is 0 Å². The molecule has 0 radical (unpaired) electrons. The summed E-state index contributed by atoms with van der Waals surface area (Å²) in [5.41, 5.74) is 5.24. The fraction of sp³-hybridized carbons (Fsp3) is 0.833. The van der Waals surface area contributed by atoms with Gasteiger partial charge in [0.15, 0.2) is 5.96 Å². The summed E-state index contributed by atoms with van der Waals surface area (Å²) in [6.07, 6.45) is 3.56. The van der Waals surface area contributed by atoms with Crippen LogP contribution in [0.3, 0.4) is 0 Å². The number of sulfone groups is 1. The van der Waals surface area contributed by atoms with E-state index in [1.807, 2.05) is 0 Å². The van der Waals surface area contributed by atoms with Crippen LogP contribution in [0, 0.1) is 5.92 Å². The van der Waals surface area contributed by atoms with E-state index in [0.29, 0.717) is 18.9 Å². The van der Waals surface area contributed by atoms with Crippen LogP contribution in [0.4, 0.5) is 0 Å². The van der Waals surface area contributed by atoms with E-state index in [9.17, 15) is 13.2 Å². The highest BCUT2D eigenvalue weighted by atomic mass is 32.2. The maximum absolute atomic E-state index is 11.1. The van der Waals surface area contributed by atoms with Crippen LogP contribution < -0.4 is 11.1 Å². The zero-order valence-corrected chi connectivity index (χ0v) is 12.9. The number of hydrogen-bond donors (Lipinski definition) is 2. The Morgan fingerprint density at radius 3 is 2.75 bits per heavy atom. The minimum Gasteiger partial charge on any atom is -0.370 e. The van der Waals surface area contributed by atoms with Gasteiger partial charge in [-0.1, -0.05) is 0 Å². The van der Waals surface area contributed by atoms with Crippen LogP contribution in [0.1, 0.15) is 19.3 Å². The summed E-state index contributed by atoms with van der Waals surface area (Å²) in [5.74, 6) is 0.722. The molecule has 1 unspecified atom stereocenters. The van der Waals surface area contributed by atoms with E-state index in [1.54, 1.807) is 7.05 Å². The molecule has 0 aromatic heterocycles. The molecule has 1 atom stereocenters. The SMILES string of the molecule is CN=C(NCCS(C)(=O)=O)N1CCCC(CC(N)=O)C1. The first kappa shape index (κ1) is 16.7. The molecule has 0 bridgehead atoms. The van der Waals surface area contributed by atoms with Gasteiger partial charge in [-0.3, -0.25) is 9.79 Å². The Morgan fingerprint density at radius 1 is 1.50 bits per heavy atom. The normalized spacial score (nSPS) is 20.8. The first-order valence-electron chi connectivity index (χ1n) is 6.73. The molecule has 1 heterocycles. The summed E-state index contributed by atoms with van der Waals surface area (Å²) in [6, 6.07) is 0. The van der Waals surface area contributed by atoms with Gasteiger partial charge in [-0.2, -0.15) is 0 Å². The molecule has 1 rings (SSSR count). The monoisotopic (exact) mass is 304 g/mol. The van der Waals surface area contributed by atoms with Gasteiger partial charge in [0.05, 0.1) is 5.75 Å². The van der Waals surface area contributed by atoms with Crippen molar-refractivity contribution in [2.24, 2.45) is 16.6 Å². The van der Waals surface area contributed by atoms with Crippen molar-refractivity contribution in [3.05, 3.63) is 0 Å². The zero-order chi connectivity index (χ0) is 15.2. The van der Waals surface area contributed by atoms with Crippen LogP contribution in [-0.2, 0) is 14.6 Å². The molecule has 3 N–H and O–H groups in total. The topological polar surface area (TPSA) is 105 Å². The molecule has 20 heavy (non-hydrogen) atoms. The molecule has 7 nitrogen and oxygen atoms in total. The molecule has 116 valence electrons. The molecular weight excluding hydrogens is 280 g/mol. The highest BCUT2D eigenvalue weighted by Crippen LogP contribution is 2.19. The van der Waals surface area contributed by atoms with Crippen LogP contribution in [0.2, 0.25) is 0 Å². The molecule has 8 heteroatoms. The van der Waals surface area contributed by atoms with E-state index in [4.69, 9.17) is 5.73 Å². The summed E-state index contributed by atoms with van der Waals surface area (Å²) in [4.78, 5) is 17.2. The van der Waals surface area contributed by atoms with Crippen LogP contribution in [-0.4, -0.2) is 63.9 Å². The van der Waals surface area contributed by atoms with E-state index in [-0.39, 0.29) is 17.6 Å². The van der Waals surface area contributed by atoms with Crippen LogP contribution in [0.15, 0.2) is 4.99 Å². The lowest BCUT2D eigenvalue weighted by atomic mass is 9.95. The van der Waals surface area contributed by atoms with Gasteiger partial charge >= 0.3 is 0 Å². The van der Waals surface area contributed by atoms with Crippen LogP contribution in [0.5, 0.6) is 0 Å². The third-order valence-corrected chi connectivity index (χ3v) is 4.22. The second-order valence-corrected chi connectivity index (χ2v) is 7.49. The molecule has 0 aromatic carbocycles. The number of primary amides is 1. The number of guanidine groups is 1. The molecule has 0 aromatic rings. The summed E-state index contributed by atoms with van der Waals surface area (Å²) in [5, 5.41) is 3.05. The van der Waals surface area contributed by atoms with E-state index < -0.39 is 9.84 Å². The van der Waals surface area contributed by atoms with Crippen LogP contribution >= 0.6 is 0 Å². The van der Waals surface area contributed by atoms with Gasteiger partial charge in [0.25, 0.3) is 0 Å². The highest BCUT2D eigenvalue weighted by molar-refractivity contribution is 7.90. The molecule has 1 saturated heterocycles. The van der Waals surface area contributed by atoms with Crippen molar-refractivity contribution in [1.29, 1.82) is 0 Å². The number of piperidine rings is 1. The summed E-state index contributed by atoms with van der Waals surface area (Å²) in [6.45, 7) is 1.91. The minimum atomic E-state index is -2.98. The van der Waals surface area contributed by atoms with Crippen LogP contribution in [0.25, 0.3) is 0 Å². The smallest absolute Gasteiger partial charge is 0.217 e. The molecule has 0 spiro atoms. The number of nitrogens with one attached hydrogen (secondary N) is 1. The lowest BCUT2D eigenvalue weighted by molar-refractivity contribution is -0.119. The van der Waals surface area contributed by atoms with Crippen molar-refractivity contribution >= 4 is 21.7 Å². The predicted molar refractivity (Wildman–Crippen MR) is 79.2 cm³/mol. The number of hydrogen-bond acceptors (Lipinski definition) is 4. The maximum atomic E-state index is 11.1. The van der Waals surface area contributed by atoms with Gasteiger partial charge in [-0.25, -0.2) is 8.42 Å². The Labute approximate surface area is 120 Å². The number of nitrogens with two attached hydrogens (primary N) is 1. The number of rotatable bonds is 5. The number of nitrogens with zero attached hydrogens (tertiary/aromatic N) is 2. The Kier molecular flexibility index (Phi) is 6.25. The molecule has 0 aliphatic carbocycles. The van der Waals surface area contributed by atoms with Gasteiger partial charge in [0.1, 0.15) is 9.84 Å². The van der Waals surface area contributed by atoms with Gasteiger partial charge in [-0.05, 0) is 18.8 Å². The second-order valence-electron chi connectivity index (χ2n) is 5.23. The standard InChI is InChI=1S/C12H24N4O3S/c1-14-12(15-5-7-20(2,18)19)16-6-3-4-10(9-16)8-11(13)17/h10H,3-9H2,1-2H3,(H2,13,17)(H,14,15). The third-order valence-electron chi connectivity index (χ3n) is 3.28. The van der Waals surface area contributed by atoms with E-state index in [2.05, 4.69) is 15.2 Å². The van der Waals surface area contributed by atoms with E-state index >= 15 is 0 Å². The van der Waals surface area contributed by atoms with Crippen molar-refractivity contribution in [1.82, 2.24) is 10.2 Å². The molecule has 0 saturated carbocycles. The van der Waals surface area contributed by atoms with Crippen molar-refractivity contribution in [2.75, 3.05) is 38.7 Å². The average Bonchev–Trinajstić information content (AvgIpc) is 2.33.